The number of carbonyl (C=O) groups is 1. The van der Waals surface area contributed by atoms with E-state index in [1.807, 2.05) is 6.92 Å². The summed E-state index contributed by atoms with van der Waals surface area (Å²) in [5.41, 5.74) is 1.80. The number of nitrogens with zero attached hydrogens (tertiary/aromatic N) is 2. The van der Waals surface area contributed by atoms with Crippen LogP contribution in [0.4, 0.5) is 11.4 Å². The Morgan fingerprint density at radius 3 is 2.81 bits per heavy atom. The van der Waals surface area contributed by atoms with E-state index < -0.39 is 4.92 Å². The van der Waals surface area contributed by atoms with E-state index in [1.54, 1.807) is 24.3 Å². The van der Waals surface area contributed by atoms with E-state index in [-0.39, 0.29) is 11.6 Å². The number of nitro benzene ring substituents is 1. The Morgan fingerprint density at radius 2 is 2.11 bits per heavy atom. The average Bonchev–Trinajstić information content (AvgIpc) is 2.98. The molecule has 0 saturated carbocycles. The molecule has 0 unspecified atom stereocenters. The van der Waals surface area contributed by atoms with Crippen molar-refractivity contribution in [2.75, 3.05) is 7.11 Å². The summed E-state index contributed by atoms with van der Waals surface area (Å²) < 4.78 is 5.22. The van der Waals surface area contributed by atoms with Crippen molar-refractivity contribution in [2.24, 2.45) is 4.99 Å². The van der Waals surface area contributed by atoms with E-state index in [9.17, 15) is 14.9 Å². The van der Waals surface area contributed by atoms with Crippen LogP contribution in [-0.2, 0) is 4.79 Å². The molecule has 0 atom stereocenters. The molecule has 2 aromatic carbocycles. The molecule has 3 rings (SSSR count). The summed E-state index contributed by atoms with van der Waals surface area (Å²) in [6.07, 6.45) is 1.54. The lowest BCUT2D eigenvalue weighted by Gasteiger charge is -2.04. The van der Waals surface area contributed by atoms with Gasteiger partial charge in [-0.2, -0.15) is 0 Å². The average molecular weight is 404 g/mol. The molecule has 1 aliphatic rings. The lowest BCUT2D eigenvalue weighted by Crippen LogP contribution is -2.19. The number of amides is 1. The van der Waals surface area contributed by atoms with Gasteiger partial charge < -0.3 is 10.1 Å². The number of nitrogens with one attached hydrogen (secondary N) is 1. The van der Waals surface area contributed by atoms with Gasteiger partial charge in [-0.1, -0.05) is 17.7 Å². The number of methoxy groups -OCH3 is 1. The standard InChI is InChI=1S/C18H14ClN3O4S/c1-10-13(19)4-3-5-14(10)20-18-21-17(23)16(27-18)9-11-8-12(22(24)25)6-7-15(11)26-2/h3-9H,1-2H3,(H,20,21,23). The summed E-state index contributed by atoms with van der Waals surface area (Å²) in [6, 6.07) is 9.54. The molecule has 1 aliphatic heterocycles. The largest absolute Gasteiger partial charge is 0.496 e. The summed E-state index contributed by atoms with van der Waals surface area (Å²) in [5, 5.41) is 14.7. The highest BCUT2D eigenvalue weighted by atomic mass is 35.5. The van der Waals surface area contributed by atoms with E-state index in [4.69, 9.17) is 16.3 Å². The number of hydrogen-bond donors (Lipinski definition) is 1. The quantitative estimate of drug-likeness (QED) is 0.462. The molecule has 7 nitrogen and oxygen atoms in total. The maximum absolute atomic E-state index is 12.3. The van der Waals surface area contributed by atoms with Crippen molar-refractivity contribution in [3.63, 3.8) is 0 Å². The fraction of sp³-hybridized carbons (Fsp3) is 0.111. The number of thioether (sulfide) groups is 1. The third-order valence-corrected chi connectivity index (χ3v) is 5.14. The Kier molecular flexibility index (Phi) is 5.48. The molecular formula is C18H14ClN3O4S. The van der Waals surface area contributed by atoms with Crippen LogP contribution in [0.25, 0.3) is 6.08 Å². The Bertz CT molecular complexity index is 1000. The van der Waals surface area contributed by atoms with Gasteiger partial charge in [0.1, 0.15) is 5.75 Å². The van der Waals surface area contributed by atoms with E-state index in [1.165, 1.54) is 25.3 Å². The lowest BCUT2D eigenvalue weighted by atomic mass is 10.1. The number of benzene rings is 2. The summed E-state index contributed by atoms with van der Waals surface area (Å²) in [4.78, 5) is 27.6. The van der Waals surface area contributed by atoms with Gasteiger partial charge in [0.25, 0.3) is 11.6 Å². The van der Waals surface area contributed by atoms with Crippen molar-refractivity contribution in [2.45, 2.75) is 6.92 Å². The van der Waals surface area contributed by atoms with Gasteiger partial charge in [0, 0.05) is 22.7 Å². The number of hydrogen-bond acceptors (Lipinski definition) is 6. The number of nitro groups is 1. The number of halogens is 1. The summed E-state index contributed by atoms with van der Waals surface area (Å²) in [5.74, 6) is 0.0876. The molecule has 9 heteroatoms. The summed E-state index contributed by atoms with van der Waals surface area (Å²) in [6.45, 7) is 1.84. The van der Waals surface area contributed by atoms with Crippen molar-refractivity contribution >= 4 is 51.9 Å². The predicted molar refractivity (Wildman–Crippen MR) is 107 cm³/mol. The smallest absolute Gasteiger partial charge is 0.270 e. The molecule has 0 bridgehead atoms. The molecule has 1 fully saturated rings. The summed E-state index contributed by atoms with van der Waals surface area (Å²) in [7, 11) is 1.46. The van der Waals surface area contributed by atoms with Gasteiger partial charge >= 0.3 is 0 Å². The third kappa shape index (κ3) is 4.12. The highest BCUT2D eigenvalue weighted by molar-refractivity contribution is 8.18. The molecule has 1 heterocycles. The number of amidine groups is 1. The van der Waals surface area contributed by atoms with Crippen molar-refractivity contribution < 1.29 is 14.5 Å². The topological polar surface area (TPSA) is 93.8 Å². The maximum atomic E-state index is 12.3. The minimum absolute atomic E-state index is 0.0884. The second-order valence-corrected chi connectivity index (χ2v) is 6.99. The van der Waals surface area contributed by atoms with Crippen LogP contribution < -0.4 is 10.1 Å². The van der Waals surface area contributed by atoms with E-state index in [0.29, 0.717) is 32.1 Å². The highest BCUT2D eigenvalue weighted by Gasteiger charge is 2.25. The van der Waals surface area contributed by atoms with Gasteiger partial charge in [0.2, 0.25) is 0 Å². The third-order valence-electron chi connectivity index (χ3n) is 3.82. The molecule has 2 aromatic rings. The van der Waals surface area contributed by atoms with E-state index in [0.717, 1.165) is 17.3 Å². The first-order chi connectivity index (χ1) is 12.9. The molecule has 1 N–H and O–H groups in total. The SMILES string of the molecule is COc1ccc([N+](=O)[O-])cc1C=C1SC(=Nc2cccc(Cl)c2C)NC1=O. The van der Waals surface area contributed by atoms with Crippen LogP contribution in [0.5, 0.6) is 5.75 Å². The number of ether oxygens (including phenoxy) is 1. The van der Waals surface area contributed by atoms with Crippen molar-refractivity contribution in [3.05, 3.63) is 67.6 Å². The first kappa shape index (κ1) is 18.9. The van der Waals surface area contributed by atoms with Crippen molar-refractivity contribution in [1.29, 1.82) is 0 Å². The highest BCUT2D eigenvalue weighted by Crippen LogP contribution is 2.33. The molecule has 0 aromatic heterocycles. The first-order valence-electron chi connectivity index (χ1n) is 7.76. The lowest BCUT2D eigenvalue weighted by molar-refractivity contribution is -0.384. The van der Waals surface area contributed by atoms with Crippen molar-refractivity contribution in [3.8, 4) is 5.75 Å². The maximum Gasteiger partial charge on any atom is 0.270 e. The van der Waals surface area contributed by atoms with Gasteiger partial charge in [0.05, 0.1) is 22.6 Å². The number of rotatable bonds is 4. The van der Waals surface area contributed by atoms with Crippen molar-refractivity contribution in [1.82, 2.24) is 5.32 Å². The molecule has 138 valence electrons. The molecule has 1 saturated heterocycles. The van der Waals surface area contributed by atoms with Crippen LogP contribution in [0.1, 0.15) is 11.1 Å². The van der Waals surface area contributed by atoms with E-state index >= 15 is 0 Å². The fourth-order valence-corrected chi connectivity index (χ4v) is 3.39. The zero-order valence-electron chi connectivity index (χ0n) is 14.4. The van der Waals surface area contributed by atoms with Crippen LogP contribution in [0, 0.1) is 17.0 Å². The fourth-order valence-electron chi connectivity index (χ4n) is 2.40. The molecule has 1 amide bonds. The molecule has 0 radical (unpaired) electrons. The molecular weight excluding hydrogens is 390 g/mol. The van der Waals surface area contributed by atoms with Gasteiger partial charge in [0.15, 0.2) is 5.17 Å². The van der Waals surface area contributed by atoms with Crippen LogP contribution in [0.15, 0.2) is 46.3 Å². The zero-order valence-corrected chi connectivity index (χ0v) is 15.9. The van der Waals surface area contributed by atoms with Crippen LogP contribution in [0.2, 0.25) is 5.02 Å². The molecule has 27 heavy (non-hydrogen) atoms. The Labute approximate surface area is 164 Å². The van der Waals surface area contributed by atoms with Crippen LogP contribution >= 0.6 is 23.4 Å². The number of aliphatic imine (C=N–C) groups is 1. The van der Waals surface area contributed by atoms with Crippen LogP contribution in [-0.4, -0.2) is 23.1 Å². The predicted octanol–water partition coefficient (Wildman–Crippen LogP) is 4.46. The second-order valence-electron chi connectivity index (χ2n) is 5.55. The summed E-state index contributed by atoms with van der Waals surface area (Å²) >= 11 is 7.23. The Morgan fingerprint density at radius 1 is 1.33 bits per heavy atom. The molecule has 0 aliphatic carbocycles. The normalized spacial score (nSPS) is 16.6. The molecule has 0 spiro atoms. The monoisotopic (exact) mass is 403 g/mol. The van der Waals surface area contributed by atoms with Gasteiger partial charge in [-0.25, -0.2) is 4.99 Å². The number of carbonyl (C=O) groups excluding carboxylic acids is 1. The Balaban J connectivity index is 1.94. The Hall–Kier alpha value is -2.84. The van der Waals surface area contributed by atoms with Gasteiger partial charge in [-0.3, -0.25) is 14.9 Å². The van der Waals surface area contributed by atoms with E-state index in [2.05, 4.69) is 10.3 Å². The second kappa shape index (κ2) is 7.81. The minimum Gasteiger partial charge on any atom is -0.496 e. The van der Waals surface area contributed by atoms with Gasteiger partial charge in [-0.15, -0.1) is 0 Å². The number of non-ortho nitro benzene ring substituents is 1. The minimum atomic E-state index is -0.502. The first-order valence-corrected chi connectivity index (χ1v) is 8.95. The van der Waals surface area contributed by atoms with Gasteiger partial charge in [-0.05, 0) is 48.5 Å². The zero-order chi connectivity index (χ0) is 19.6. The van der Waals surface area contributed by atoms with Crippen LogP contribution in [0.3, 0.4) is 0 Å².